The molecule has 25 heavy (non-hydrogen) atoms. The molecular weight excluding hydrogens is 322 g/mol. The highest BCUT2D eigenvalue weighted by molar-refractivity contribution is 5.71. The van der Waals surface area contributed by atoms with Gasteiger partial charge in [0.1, 0.15) is 0 Å². The Morgan fingerprint density at radius 2 is 1.84 bits per heavy atom. The summed E-state index contributed by atoms with van der Waals surface area (Å²) in [7, 11) is 2.93. The summed E-state index contributed by atoms with van der Waals surface area (Å²) < 4.78 is 11.6. The van der Waals surface area contributed by atoms with Crippen molar-refractivity contribution in [3.05, 3.63) is 64.2 Å². The fourth-order valence-corrected chi connectivity index (χ4v) is 2.35. The van der Waals surface area contributed by atoms with E-state index in [1.54, 1.807) is 48.7 Å². The number of phenols is 1. The number of H-pyrrole nitrogens is 1. The third-order valence-corrected chi connectivity index (χ3v) is 3.58. The molecule has 0 fully saturated rings. The first-order chi connectivity index (χ1) is 12.1. The van der Waals surface area contributed by atoms with Crippen LogP contribution in [0.15, 0.2) is 47.4 Å². The van der Waals surface area contributed by atoms with E-state index in [0.717, 1.165) is 5.56 Å². The number of ether oxygens (including phenoxy) is 2. The van der Waals surface area contributed by atoms with Crippen LogP contribution in [0.25, 0.3) is 18.0 Å². The minimum absolute atomic E-state index is 0.0585. The molecule has 2 N–H and O–H groups in total. The summed E-state index contributed by atoms with van der Waals surface area (Å²) in [5.41, 5.74) is 1.15. The first kappa shape index (κ1) is 16.4. The van der Waals surface area contributed by atoms with Crippen LogP contribution in [-0.4, -0.2) is 34.1 Å². The van der Waals surface area contributed by atoms with Crippen molar-refractivity contribution in [2.45, 2.75) is 0 Å². The van der Waals surface area contributed by atoms with E-state index >= 15 is 0 Å². The minimum atomic E-state index is -0.209. The van der Waals surface area contributed by atoms with Gasteiger partial charge in [-0.1, -0.05) is 12.1 Å². The average molecular weight is 339 g/mol. The van der Waals surface area contributed by atoms with Crippen LogP contribution in [0, 0.1) is 0 Å². The lowest BCUT2D eigenvalue weighted by Gasteiger charge is -2.09. The molecule has 0 spiro atoms. The monoisotopic (exact) mass is 339 g/mol. The number of pyridine rings is 1. The van der Waals surface area contributed by atoms with Crippen LogP contribution in [-0.2, 0) is 0 Å². The average Bonchev–Trinajstić information content (AvgIpc) is 3.02. The first-order valence-electron chi connectivity index (χ1n) is 7.49. The molecule has 0 bridgehead atoms. The number of aromatic nitrogens is 3. The molecule has 2 heterocycles. The van der Waals surface area contributed by atoms with Crippen LogP contribution in [0.4, 0.5) is 0 Å². The van der Waals surface area contributed by atoms with E-state index in [2.05, 4.69) is 10.1 Å². The summed E-state index contributed by atoms with van der Waals surface area (Å²) in [6.07, 6.45) is 5.14. The Bertz CT molecular complexity index is 933. The second-order valence-corrected chi connectivity index (χ2v) is 5.18. The van der Waals surface area contributed by atoms with Crippen molar-refractivity contribution in [2.24, 2.45) is 0 Å². The molecule has 7 nitrogen and oxygen atoms in total. The molecule has 0 unspecified atom stereocenters. The summed E-state index contributed by atoms with van der Waals surface area (Å²) >= 11 is 0. The Labute approximate surface area is 143 Å². The smallest absolute Gasteiger partial charge is 0.273 e. The van der Waals surface area contributed by atoms with Gasteiger partial charge in [0.2, 0.25) is 5.75 Å². The number of phenolic OH excluding ortho intramolecular Hbond substituents is 1. The Hall–Kier alpha value is -3.48. The molecule has 0 aliphatic carbocycles. The molecule has 0 amide bonds. The fraction of sp³-hybridized carbons (Fsp3) is 0.111. The lowest BCUT2D eigenvalue weighted by atomic mass is 10.1. The van der Waals surface area contributed by atoms with Gasteiger partial charge in [0.15, 0.2) is 17.3 Å². The molecule has 0 radical (unpaired) electrons. The van der Waals surface area contributed by atoms with Crippen LogP contribution in [0.5, 0.6) is 17.2 Å². The molecular formula is C18H17N3O4. The third kappa shape index (κ3) is 3.40. The van der Waals surface area contributed by atoms with Crippen molar-refractivity contribution in [2.75, 3.05) is 14.2 Å². The molecule has 0 aliphatic rings. The fourth-order valence-electron chi connectivity index (χ4n) is 2.35. The van der Waals surface area contributed by atoms with Gasteiger partial charge in [0, 0.05) is 12.3 Å². The zero-order chi connectivity index (χ0) is 17.8. The van der Waals surface area contributed by atoms with Crippen molar-refractivity contribution < 1.29 is 14.6 Å². The number of aromatic hydroxyl groups is 1. The molecule has 0 saturated heterocycles. The van der Waals surface area contributed by atoms with Crippen molar-refractivity contribution in [3.63, 3.8) is 0 Å². The lowest BCUT2D eigenvalue weighted by molar-refractivity contribution is 0.340. The zero-order valence-corrected chi connectivity index (χ0v) is 13.8. The molecule has 2 aromatic heterocycles. The van der Waals surface area contributed by atoms with E-state index in [9.17, 15) is 9.90 Å². The van der Waals surface area contributed by atoms with Crippen LogP contribution >= 0.6 is 0 Å². The summed E-state index contributed by atoms with van der Waals surface area (Å²) in [4.78, 5) is 16.2. The maximum Gasteiger partial charge on any atom is 0.273 e. The highest BCUT2D eigenvalue weighted by Crippen LogP contribution is 2.37. The molecule has 0 atom stereocenters. The zero-order valence-electron chi connectivity index (χ0n) is 13.8. The van der Waals surface area contributed by atoms with Gasteiger partial charge >= 0.3 is 0 Å². The van der Waals surface area contributed by atoms with Crippen molar-refractivity contribution >= 4 is 12.2 Å². The largest absolute Gasteiger partial charge is 0.502 e. The Morgan fingerprint density at radius 3 is 2.44 bits per heavy atom. The number of nitrogens with zero attached hydrogens (tertiary/aromatic N) is 2. The first-order valence-corrected chi connectivity index (χ1v) is 7.49. The van der Waals surface area contributed by atoms with E-state index in [0.29, 0.717) is 23.0 Å². The van der Waals surface area contributed by atoms with Gasteiger partial charge in [-0.15, -0.1) is 0 Å². The number of benzene rings is 1. The molecule has 128 valence electrons. The maximum absolute atomic E-state index is 12.1. The number of rotatable bonds is 5. The van der Waals surface area contributed by atoms with Gasteiger partial charge in [0.05, 0.1) is 19.9 Å². The number of nitrogens with one attached hydrogen (secondary N) is 1. The second kappa shape index (κ2) is 6.96. The number of hydrogen-bond donors (Lipinski definition) is 2. The molecule has 3 rings (SSSR count). The predicted octanol–water partition coefficient (Wildman–Crippen LogP) is 2.45. The highest BCUT2D eigenvalue weighted by Gasteiger charge is 2.10. The summed E-state index contributed by atoms with van der Waals surface area (Å²) in [6, 6.07) is 10.1. The van der Waals surface area contributed by atoms with Gasteiger partial charge < -0.3 is 14.6 Å². The predicted molar refractivity (Wildman–Crippen MR) is 94.3 cm³/mol. The second-order valence-electron chi connectivity index (χ2n) is 5.18. The Kier molecular flexibility index (Phi) is 4.56. The number of hydrogen-bond acceptors (Lipinski definition) is 5. The van der Waals surface area contributed by atoms with Gasteiger partial charge in [-0.05, 0) is 35.9 Å². The van der Waals surface area contributed by atoms with E-state index in [4.69, 9.17) is 9.47 Å². The molecule has 0 aliphatic heterocycles. The molecule has 0 saturated carbocycles. The molecule has 3 aromatic rings. The number of methoxy groups -OCH3 is 2. The van der Waals surface area contributed by atoms with Gasteiger partial charge in [-0.2, -0.15) is 0 Å². The summed E-state index contributed by atoms with van der Waals surface area (Å²) in [6.45, 7) is 0. The lowest BCUT2D eigenvalue weighted by Crippen LogP contribution is -2.14. The third-order valence-electron chi connectivity index (χ3n) is 3.58. The number of aromatic amines is 1. The van der Waals surface area contributed by atoms with Gasteiger partial charge in [-0.3, -0.25) is 9.89 Å². The Balaban J connectivity index is 1.92. The van der Waals surface area contributed by atoms with E-state index in [1.165, 1.54) is 25.0 Å². The topological polar surface area (TPSA) is 89.4 Å². The quantitative estimate of drug-likeness (QED) is 0.745. The maximum atomic E-state index is 12.1. The van der Waals surface area contributed by atoms with Crippen molar-refractivity contribution in [1.82, 2.24) is 14.8 Å². The van der Waals surface area contributed by atoms with Crippen molar-refractivity contribution in [1.29, 1.82) is 0 Å². The van der Waals surface area contributed by atoms with Crippen LogP contribution in [0.2, 0.25) is 0 Å². The van der Waals surface area contributed by atoms with E-state index in [-0.39, 0.29) is 11.3 Å². The van der Waals surface area contributed by atoms with Crippen molar-refractivity contribution in [3.8, 4) is 23.1 Å². The van der Waals surface area contributed by atoms with Gasteiger partial charge in [-0.25, -0.2) is 9.67 Å². The Morgan fingerprint density at radius 1 is 1.12 bits per heavy atom. The van der Waals surface area contributed by atoms with E-state index in [1.807, 2.05) is 0 Å². The van der Waals surface area contributed by atoms with Crippen LogP contribution in [0.3, 0.4) is 0 Å². The van der Waals surface area contributed by atoms with Gasteiger partial charge in [0.25, 0.3) is 5.56 Å². The van der Waals surface area contributed by atoms with Crippen LogP contribution in [0.1, 0.15) is 11.3 Å². The van der Waals surface area contributed by atoms with E-state index < -0.39 is 0 Å². The highest BCUT2D eigenvalue weighted by atomic mass is 16.5. The van der Waals surface area contributed by atoms with Crippen LogP contribution < -0.4 is 15.0 Å². The molecule has 7 heteroatoms. The SMILES string of the molecule is COc1cc(/C=C/c2cc(=O)n(-c3ccccn3)[nH]2)cc(OC)c1O. The summed E-state index contributed by atoms with van der Waals surface area (Å²) in [5.74, 6) is 1.06. The normalized spacial score (nSPS) is 11.0. The minimum Gasteiger partial charge on any atom is -0.502 e. The standard InChI is InChI=1S/C18H17N3O4/c1-24-14-9-12(10-15(25-2)18(14)23)6-7-13-11-17(22)21(20-13)16-5-3-4-8-19-16/h3-11,20,23H,1-2H3/b7-6+. The molecule has 1 aromatic carbocycles. The summed E-state index contributed by atoms with van der Waals surface area (Å²) in [5, 5.41) is 12.9.